The summed E-state index contributed by atoms with van der Waals surface area (Å²) in [6.45, 7) is 1.59. The number of carbonyl (C=O) groups is 1. The maximum Gasteiger partial charge on any atom is 0.307 e. The van der Waals surface area contributed by atoms with Crippen LogP contribution in [0.3, 0.4) is 0 Å². The number of fused-ring (bicyclic) bond motifs is 1. The molecule has 0 amide bonds. The SMILES string of the molecule is CC(CS(=O)c1ccc2c(c1)CCC2)C(=O)O. The van der Waals surface area contributed by atoms with Crippen molar-refractivity contribution in [2.24, 2.45) is 5.92 Å². The first-order valence-electron chi connectivity index (χ1n) is 5.81. The molecule has 0 heterocycles. The highest BCUT2D eigenvalue weighted by Gasteiger charge is 2.18. The Balaban J connectivity index is 2.12. The first-order valence-corrected chi connectivity index (χ1v) is 7.13. The summed E-state index contributed by atoms with van der Waals surface area (Å²) in [6, 6.07) is 5.88. The first-order chi connectivity index (χ1) is 8.08. The molecule has 0 bridgehead atoms. The monoisotopic (exact) mass is 252 g/mol. The Hall–Kier alpha value is -1.16. The van der Waals surface area contributed by atoms with Crippen LogP contribution >= 0.6 is 0 Å². The third kappa shape index (κ3) is 2.75. The van der Waals surface area contributed by atoms with Gasteiger partial charge in [-0.3, -0.25) is 9.00 Å². The van der Waals surface area contributed by atoms with Crippen LogP contribution in [0.5, 0.6) is 0 Å². The lowest BCUT2D eigenvalue weighted by atomic mass is 10.1. The van der Waals surface area contributed by atoms with Crippen LogP contribution in [0, 0.1) is 5.92 Å². The van der Waals surface area contributed by atoms with Crippen molar-refractivity contribution in [3.05, 3.63) is 29.3 Å². The molecular weight excluding hydrogens is 236 g/mol. The predicted octanol–water partition coefficient (Wildman–Crippen LogP) is 2.00. The van der Waals surface area contributed by atoms with E-state index in [1.165, 1.54) is 11.1 Å². The van der Waals surface area contributed by atoms with Crippen molar-refractivity contribution < 1.29 is 14.1 Å². The van der Waals surface area contributed by atoms with Crippen LogP contribution in [-0.4, -0.2) is 21.0 Å². The second kappa shape index (κ2) is 5.00. The summed E-state index contributed by atoms with van der Waals surface area (Å²) in [7, 11) is -1.21. The van der Waals surface area contributed by atoms with E-state index >= 15 is 0 Å². The van der Waals surface area contributed by atoms with Crippen LogP contribution in [0.25, 0.3) is 0 Å². The normalized spacial score (nSPS) is 17.5. The van der Waals surface area contributed by atoms with Gasteiger partial charge in [0.25, 0.3) is 0 Å². The Morgan fingerprint density at radius 2 is 2.12 bits per heavy atom. The maximum atomic E-state index is 12.0. The minimum atomic E-state index is -1.21. The number of aliphatic carboxylic acids is 1. The molecule has 0 radical (unpaired) electrons. The lowest BCUT2D eigenvalue weighted by Crippen LogP contribution is -2.17. The quantitative estimate of drug-likeness (QED) is 0.891. The molecule has 0 saturated carbocycles. The average Bonchev–Trinajstić information content (AvgIpc) is 2.75. The van der Waals surface area contributed by atoms with E-state index in [-0.39, 0.29) is 5.75 Å². The third-order valence-electron chi connectivity index (χ3n) is 3.16. The van der Waals surface area contributed by atoms with Crippen LogP contribution in [0.4, 0.5) is 0 Å². The van der Waals surface area contributed by atoms with Gasteiger partial charge in [0.1, 0.15) is 0 Å². The van der Waals surface area contributed by atoms with Crippen LogP contribution < -0.4 is 0 Å². The molecule has 2 unspecified atom stereocenters. The fraction of sp³-hybridized carbons (Fsp3) is 0.462. The number of aryl methyl sites for hydroxylation is 2. The predicted molar refractivity (Wildman–Crippen MR) is 66.5 cm³/mol. The molecule has 17 heavy (non-hydrogen) atoms. The summed E-state index contributed by atoms with van der Waals surface area (Å²) in [5.74, 6) is -1.27. The Kier molecular flexibility index (Phi) is 3.62. The smallest absolute Gasteiger partial charge is 0.307 e. The minimum absolute atomic E-state index is 0.189. The van der Waals surface area contributed by atoms with Crippen LogP contribution in [0.15, 0.2) is 23.1 Å². The van der Waals surface area contributed by atoms with E-state index in [0.29, 0.717) is 0 Å². The number of rotatable bonds is 4. The van der Waals surface area contributed by atoms with Gasteiger partial charge in [-0.2, -0.15) is 0 Å². The Labute approximate surface area is 103 Å². The number of carboxylic acid groups (broad SMARTS) is 1. The molecule has 3 nitrogen and oxygen atoms in total. The van der Waals surface area contributed by atoms with E-state index in [0.717, 1.165) is 24.2 Å². The zero-order chi connectivity index (χ0) is 12.4. The van der Waals surface area contributed by atoms with Crippen LogP contribution in [-0.2, 0) is 28.4 Å². The number of hydrogen-bond acceptors (Lipinski definition) is 2. The van der Waals surface area contributed by atoms with E-state index in [4.69, 9.17) is 5.11 Å². The fourth-order valence-electron chi connectivity index (χ4n) is 2.08. The third-order valence-corrected chi connectivity index (χ3v) is 4.74. The molecule has 1 aliphatic rings. The van der Waals surface area contributed by atoms with Crippen LogP contribution in [0.1, 0.15) is 24.5 Å². The van der Waals surface area contributed by atoms with Crippen molar-refractivity contribution in [2.45, 2.75) is 31.1 Å². The summed E-state index contributed by atoms with van der Waals surface area (Å²) in [5, 5.41) is 8.80. The van der Waals surface area contributed by atoms with Gasteiger partial charge in [0.15, 0.2) is 0 Å². The number of hydrogen-bond donors (Lipinski definition) is 1. The first kappa shape index (κ1) is 12.3. The molecule has 2 atom stereocenters. The standard InChI is InChI=1S/C13H16O3S/c1-9(13(14)15)8-17(16)12-6-5-10-3-2-4-11(10)7-12/h5-7,9H,2-4,8H2,1H3,(H,14,15). The highest BCUT2D eigenvalue weighted by Crippen LogP contribution is 2.24. The molecule has 2 rings (SSSR count). The molecular formula is C13H16O3S. The van der Waals surface area contributed by atoms with Gasteiger partial charge in [-0.1, -0.05) is 13.0 Å². The lowest BCUT2D eigenvalue weighted by Gasteiger charge is -2.07. The van der Waals surface area contributed by atoms with Crippen molar-refractivity contribution >= 4 is 16.8 Å². The minimum Gasteiger partial charge on any atom is -0.481 e. The molecule has 1 aromatic rings. The van der Waals surface area contributed by atoms with Gasteiger partial charge in [0.05, 0.1) is 16.7 Å². The Morgan fingerprint density at radius 3 is 2.82 bits per heavy atom. The molecule has 4 heteroatoms. The summed E-state index contributed by atoms with van der Waals surface area (Å²) in [4.78, 5) is 11.5. The molecule has 1 aromatic carbocycles. The zero-order valence-electron chi connectivity index (χ0n) is 9.81. The van der Waals surface area contributed by atoms with Gasteiger partial charge in [-0.25, -0.2) is 0 Å². The molecule has 1 aliphatic carbocycles. The summed E-state index contributed by atoms with van der Waals surface area (Å²) < 4.78 is 12.0. The van der Waals surface area contributed by atoms with Gasteiger partial charge >= 0.3 is 5.97 Å². The number of benzene rings is 1. The molecule has 1 N–H and O–H groups in total. The second-order valence-electron chi connectivity index (χ2n) is 4.54. The number of carboxylic acids is 1. The fourth-order valence-corrected chi connectivity index (χ4v) is 3.37. The van der Waals surface area contributed by atoms with E-state index in [1.807, 2.05) is 18.2 Å². The summed E-state index contributed by atoms with van der Waals surface area (Å²) in [5.41, 5.74) is 2.62. The molecule has 0 fully saturated rings. The highest BCUT2D eigenvalue weighted by molar-refractivity contribution is 7.85. The zero-order valence-corrected chi connectivity index (χ0v) is 10.6. The van der Waals surface area contributed by atoms with Gasteiger partial charge in [0.2, 0.25) is 0 Å². The van der Waals surface area contributed by atoms with Crippen molar-refractivity contribution in [2.75, 3.05) is 5.75 Å². The maximum absolute atomic E-state index is 12.0. The van der Waals surface area contributed by atoms with Gasteiger partial charge in [-0.05, 0) is 42.5 Å². The summed E-state index contributed by atoms with van der Waals surface area (Å²) in [6.07, 6.45) is 3.32. The lowest BCUT2D eigenvalue weighted by molar-refractivity contribution is -0.140. The van der Waals surface area contributed by atoms with E-state index in [1.54, 1.807) is 6.92 Å². The largest absolute Gasteiger partial charge is 0.481 e. The van der Waals surface area contributed by atoms with Crippen molar-refractivity contribution in [3.8, 4) is 0 Å². The van der Waals surface area contributed by atoms with Crippen molar-refractivity contribution in [3.63, 3.8) is 0 Å². The van der Waals surface area contributed by atoms with Crippen molar-refractivity contribution in [1.29, 1.82) is 0 Å². The molecule has 0 aromatic heterocycles. The van der Waals surface area contributed by atoms with Gasteiger partial charge in [0, 0.05) is 10.6 Å². The van der Waals surface area contributed by atoms with Crippen LogP contribution in [0.2, 0.25) is 0 Å². The Bertz CT molecular complexity index is 468. The Morgan fingerprint density at radius 1 is 1.41 bits per heavy atom. The highest BCUT2D eigenvalue weighted by atomic mass is 32.2. The second-order valence-corrected chi connectivity index (χ2v) is 6.03. The topological polar surface area (TPSA) is 54.4 Å². The van der Waals surface area contributed by atoms with Crippen molar-refractivity contribution in [1.82, 2.24) is 0 Å². The average molecular weight is 252 g/mol. The summed E-state index contributed by atoms with van der Waals surface area (Å²) >= 11 is 0. The molecule has 0 spiro atoms. The van der Waals surface area contributed by atoms with E-state index in [9.17, 15) is 9.00 Å². The molecule has 0 saturated heterocycles. The van der Waals surface area contributed by atoms with Gasteiger partial charge in [-0.15, -0.1) is 0 Å². The van der Waals surface area contributed by atoms with Gasteiger partial charge < -0.3 is 5.11 Å². The molecule has 92 valence electrons. The molecule has 0 aliphatic heterocycles. The van der Waals surface area contributed by atoms with E-state index in [2.05, 4.69) is 0 Å². The van der Waals surface area contributed by atoms with E-state index < -0.39 is 22.7 Å².